The molecule has 0 atom stereocenters. The lowest BCUT2D eigenvalue weighted by Gasteiger charge is -2.07. The lowest BCUT2D eigenvalue weighted by atomic mass is 9.98. The summed E-state index contributed by atoms with van der Waals surface area (Å²) in [5.41, 5.74) is 6.37. The van der Waals surface area contributed by atoms with Gasteiger partial charge in [0.2, 0.25) is 0 Å². The molecule has 0 aliphatic heterocycles. The maximum absolute atomic E-state index is 11.4. The van der Waals surface area contributed by atoms with Crippen molar-refractivity contribution in [2.75, 3.05) is 0 Å². The van der Waals surface area contributed by atoms with Gasteiger partial charge >= 0.3 is 5.97 Å². The van der Waals surface area contributed by atoms with E-state index in [1.165, 1.54) is 11.1 Å². The predicted octanol–water partition coefficient (Wildman–Crippen LogP) is 5.15. The van der Waals surface area contributed by atoms with Crippen LogP contribution in [0.1, 0.15) is 43.4 Å². The number of hydrogen-bond donors (Lipinski definition) is 2. The molecule has 0 spiro atoms. The van der Waals surface area contributed by atoms with Crippen LogP contribution in [0.15, 0.2) is 42.5 Å². The second-order valence-electron chi connectivity index (χ2n) is 6.52. The second-order valence-corrected chi connectivity index (χ2v) is 6.52. The normalized spacial score (nSPS) is 11.3. The van der Waals surface area contributed by atoms with Gasteiger partial charge in [0.15, 0.2) is 0 Å². The maximum atomic E-state index is 11.4. The Labute approximate surface area is 142 Å². The SMILES string of the molecule is CCc1cccc2c(CC(=O)O)c(-c3ccc(C(C)C)cc3)[nH]c12. The van der Waals surface area contributed by atoms with Crippen LogP contribution in [-0.4, -0.2) is 16.1 Å². The Hall–Kier alpha value is -2.55. The molecule has 124 valence electrons. The maximum Gasteiger partial charge on any atom is 0.307 e. The third-order valence-corrected chi connectivity index (χ3v) is 4.60. The van der Waals surface area contributed by atoms with E-state index in [0.717, 1.165) is 34.1 Å². The number of aromatic amines is 1. The first-order valence-corrected chi connectivity index (χ1v) is 8.45. The van der Waals surface area contributed by atoms with Gasteiger partial charge in [0.25, 0.3) is 0 Å². The zero-order chi connectivity index (χ0) is 17.3. The fourth-order valence-electron chi connectivity index (χ4n) is 3.24. The standard InChI is InChI=1S/C21H23NO2/c1-4-14-6-5-7-17-18(12-19(23)24)21(22-20(14)17)16-10-8-15(9-11-16)13(2)3/h5-11,13,22H,4,12H2,1-3H3,(H,23,24). The summed E-state index contributed by atoms with van der Waals surface area (Å²) >= 11 is 0. The molecule has 0 saturated carbocycles. The minimum absolute atomic E-state index is 0.0223. The van der Waals surface area contributed by atoms with Crippen molar-refractivity contribution in [2.45, 2.75) is 39.5 Å². The molecule has 0 aliphatic carbocycles. The number of aromatic nitrogens is 1. The van der Waals surface area contributed by atoms with Crippen molar-refractivity contribution in [3.05, 3.63) is 59.2 Å². The van der Waals surface area contributed by atoms with Crippen LogP contribution in [0.2, 0.25) is 0 Å². The Morgan fingerprint density at radius 1 is 1.12 bits per heavy atom. The fourth-order valence-corrected chi connectivity index (χ4v) is 3.24. The number of nitrogens with one attached hydrogen (secondary N) is 1. The molecule has 0 aliphatic rings. The van der Waals surface area contributed by atoms with E-state index >= 15 is 0 Å². The smallest absolute Gasteiger partial charge is 0.307 e. The molecular formula is C21H23NO2. The number of aryl methyl sites for hydroxylation is 1. The molecule has 1 heterocycles. The van der Waals surface area contributed by atoms with E-state index in [1.54, 1.807) is 0 Å². The molecule has 3 aromatic rings. The van der Waals surface area contributed by atoms with E-state index in [2.05, 4.69) is 56.1 Å². The van der Waals surface area contributed by atoms with Gasteiger partial charge in [-0.05, 0) is 34.6 Å². The van der Waals surface area contributed by atoms with Crippen LogP contribution in [0.4, 0.5) is 0 Å². The van der Waals surface area contributed by atoms with Gasteiger partial charge in [0, 0.05) is 10.9 Å². The lowest BCUT2D eigenvalue weighted by Crippen LogP contribution is -2.01. The highest BCUT2D eigenvalue weighted by Crippen LogP contribution is 2.33. The van der Waals surface area contributed by atoms with E-state index in [4.69, 9.17) is 0 Å². The van der Waals surface area contributed by atoms with Crippen molar-refractivity contribution in [3.63, 3.8) is 0 Å². The number of carboxylic acid groups (broad SMARTS) is 1. The minimum atomic E-state index is -0.808. The molecule has 3 rings (SSSR count). The van der Waals surface area contributed by atoms with Gasteiger partial charge < -0.3 is 10.1 Å². The minimum Gasteiger partial charge on any atom is -0.481 e. The van der Waals surface area contributed by atoms with Crippen molar-refractivity contribution in [2.24, 2.45) is 0 Å². The highest BCUT2D eigenvalue weighted by Gasteiger charge is 2.17. The van der Waals surface area contributed by atoms with Gasteiger partial charge in [-0.15, -0.1) is 0 Å². The average Bonchev–Trinajstić information content (AvgIpc) is 2.93. The Morgan fingerprint density at radius 3 is 2.42 bits per heavy atom. The summed E-state index contributed by atoms with van der Waals surface area (Å²) in [4.78, 5) is 14.9. The van der Waals surface area contributed by atoms with Crippen molar-refractivity contribution in [1.82, 2.24) is 4.98 Å². The largest absolute Gasteiger partial charge is 0.481 e. The third-order valence-electron chi connectivity index (χ3n) is 4.60. The Bertz CT molecular complexity index is 873. The van der Waals surface area contributed by atoms with Crippen LogP contribution in [0, 0.1) is 0 Å². The fraction of sp³-hybridized carbons (Fsp3) is 0.286. The van der Waals surface area contributed by atoms with Gasteiger partial charge in [0.05, 0.1) is 12.1 Å². The van der Waals surface area contributed by atoms with E-state index in [0.29, 0.717) is 5.92 Å². The number of carboxylic acids is 1. The van der Waals surface area contributed by atoms with Gasteiger partial charge in [-0.25, -0.2) is 0 Å². The van der Waals surface area contributed by atoms with Crippen molar-refractivity contribution in [3.8, 4) is 11.3 Å². The van der Waals surface area contributed by atoms with Crippen LogP contribution < -0.4 is 0 Å². The molecule has 1 aromatic heterocycles. The summed E-state index contributed by atoms with van der Waals surface area (Å²) in [5, 5.41) is 10.4. The van der Waals surface area contributed by atoms with E-state index in [-0.39, 0.29) is 6.42 Å². The molecule has 0 amide bonds. The third kappa shape index (κ3) is 2.94. The van der Waals surface area contributed by atoms with Crippen LogP contribution in [-0.2, 0) is 17.6 Å². The summed E-state index contributed by atoms with van der Waals surface area (Å²) in [6.45, 7) is 6.45. The van der Waals surface area contributed by atoms with E-state index in [9.17, 15) is 9.90 Å². The molecule has 0 unspecified atom stereocenters. The zero-order valence-corrected chi connectivity index (χ0v) is 14.4. The molecule has 24 heavy (non-hydrogen) atoms. The molecule has 2 aromatic carbocycles. The number of fused-ring (bicyclic) bond motifs is 1. The number of para-hydroxylation sites is 1. The van der Waals surface area contributed by atoms with Crippen molar-refractivity contribution in [1.29, 1.82) is 0 Å². The Morgan fingerprint density at radius 2 is 1.83 bits per heavy atom. The van der Waals surface area contributed by atoms with Crippen LogP contribution in [0.3, 0.4) is 0 Å². The molecule has 3 heteroatoms. The summed E-state index contributed by atoms with van der Waals surface area (Å²) in [7, 11) is 0. The van der Waals surface area contributed by atoms with Gasteiger partial charge in [-0.3, -0.25) is 4.79 Å². The molecule has 2 N–H and O–H groups in total. The zero-order valence-electron chi connectivity index (χ0n) is 14.4. The Kier molecular flexibility index (Phi) is 4.43. The highest BCUT2D eigenvalue weighted by atomic mass is 16.4. The molecular weight excluding hydrogens is 298 g/mol. The number of carbonyl (C=O) groups is 1. The van der Waals surface area contributed by atoms with Crippen LogP contribution in [0.25, 0.3) is 22.2 Å². The number of aliphatic carboxylic acids is 1. The van der Waals surface area contributed by atoms with E-state index < -0.39 is 5.97 Å². The molecule has 0 radical (unpaired) electrons. The first kappa shape index (κ1) is 16.3. The first-order valence-electron chi connectivity index (χ1n) is 8.45. The predicted molar refractivity (Wildman–Crippen MR) is 98.5 cm³/mol. The average molecular weight is 321 g/mol. The molecule has 0 saturated heterocycles. The number of H-pyrrole nitrogens is 1. The van der Waals surface area contributed by atoms with Gasteiger partial charge in [0.1, 0.15) is 0 Å². The van der Waals surface area contributed by atoms with Crippen LogP contribution >= 0.6 is 0 Å². The summed E-state index contributed by atoms with van der Waals surface area (Å²) in [6.07, 6.45) is 0.935. The quantitative estimate of drug-likeness (QED) is 0.683. The number of hydrogen-bond acceptors (Lipinski definition) is 1. The number of benzene rings is 2. The van der Waals surface area contributed by atoms with Crippen molar-refractivity contribution < 1.29 is 9.90 Å². The number of rotatable bonds is 5. The molecule has 3 nitrogen and oxygen atoms in total. The monoisotopic (exact) mass is 321 g/mol. The Balaban J connectivity index is 2.20. The van der Waals surface area contributed by atoms with Gasteiger partial charge in [-0.1, -0.05) is 63.2 Å². The molecule has 0 bridgehead atoms. The lowest BCUT2D eigenvalue weighted by molar-refractivity contribution is -0.136. The first-order chi connectivity index (χ1) is 11.5. The topological polar surface area (TPSA) is 53.1 Å². The highest BCUT2D eigenvalue weighted by molar-refractivity contribution is 5.95. The summed E-state index contributed by atoms with van der Waals surface area (Å²) in [5.74, 6) is -0.329. The van der Waals surface area contributed by atoms with Gasteiger partial charge in [-0.2, -0.15) is 0 Å². The molecule has 0 fully saturated rings. The summed E-state index contributed by atoms with van der Waals surface area (Å²) in [6, 6.07) is 14.5. The summed E-state index contributed by atoms with van der Waals surface area (Å²) < 4.78 is 0. The van der Waals surface area contributed by atoms with Crippen LogP contribution in [0.5, 0.6) is 0 Å². The second kappa shape index (κ2) is 6.52. The van der Waals surface area contributed by atoms with Crippen molar-refractivity contribution >= 4 is 16.9 Å². The van der Waals surface area contributed by atoms with E-state index in [1.807, 2.05) is 12.1 Å².